The highest BCUT2D eigenvalue weighted by atomic mass is 32.1. The standard InChI is InChI=1S/C16H12FN3O2S/c17-12-5-3-11(4-6-12)16(14-2-1-9-23-14)19-15-8-7-13(10-18-15)20(21)22/h1-10,16H,(H,18,19)/t16-/m1/s1. The molecule has 1 atom stereocenters. The first-order valence-electron chi connectivity index (χ1n) is 6.79. The SMILES string of the molecule is O=[N+]([O-])c1ccc(N[C@H](c2ccc(F)cc2)c2cccs2)nc1. The third-order valence-corrected chi connectivity index (χ3v) is 4.22. The van der Waals surface area contributed by atoms with Crippen LogP contribution in [-0.2, 0) is 0 Å². The van der Waals surface area contributed by atoms with Gasteiger partial charge in [0.25, 0.3) is 5.69 Å². The highest BCUT2D eigenvalue weighted by molar-refractivity contribution is 7.10. The Hall–Kier alpha value is -2.80. The van der Waals surface area contributed by atoms with Crippen LogP contribution in [0.2, 0.25) is 0 Å². The van der Waals surface area contributed by atoms with Gasteiger partial charge in [-0.15, -0.1) is 11.3 Å². The van der Waals surface area contributed by atoms with E-state index in [4.69, 9.17) is 0 Å². The molecule has 5 nitrogen and oxygen atoms in total. The summed E-state index contributed by atoms with van der Waals surface area (Å²) in [4.78, 5) is 15.3. The first-order valence-corrected chi connectivity index (χ1v) is 7.67. The van der Waals surface area contributed by atoms with Crippen LogP contribution in [0.5, 0.6) is 0 Å². The number of hydrogen-bond acceptors (Lipinski definition) is 5. The summed E-state index contributed by atoms with van der Waals surface area (Å²) in [6.07, 6.45) is 1.21. The molecule has 7 heteroatoms. The number of nitrogens with zero attached hydrogens (tertiary/aromatic N) is 2. The fourth-order valence-corrected chi connectivity index (χ4v) is 2.96. The number of nitro groups is 1. The van der Waals surface area contributed by atoms with Gasteiger partial charge in [0.05, 0.1) is 11.0 Å². The molecule has 0 bridgehead atoms. The predicted molar refractivity (Wildman–Crippen MR) is 87.1 cm³/mol. The monoisotopic (exact) mass is 329 g/mol. The van der Waals surface area contributed by atoms with Crippen LogP contribution in [0, 0.1) is 15.9 Å². The van der Waals surface area contributed by atoms with E-state index in [2.05, 4.69) is 10.3 Å². The van der Waals surface area contributed by atoms with Crippen LogP contribution in [0.15, 0.2) is 60.1 Å². The molecule has 0 radical (unpaired) electrons. The van der Waals surface area contributed by atoms with Gasteiger partial charge in [-0.25, -0.2) is 9.37 Å². The number of anilines is 1. The van der Waals surface area contributed by atoms with Gasteiger partial charge in [0, 0.05) is 10.9 Å². The summed E-state index contributed by atoms with van der Waals surface area (Å²) in [7, 11) is 0. The zero-order valence-corrected chi connectivity index (χ0v) is 12.7. The quantitative estimate of drug-likeness (QED) is 0.557. The van der Waals surface area contributed by atoms with Gasteiger partial charge in [-0.3, -0.25) is 10.1 Å². The first kappa shape index (κ1) is 15.1. The molecule has 0 amide bonds. The fraction of sp³-hybridized carbons (Fsp3) is 0.0625. The van der Waals surface area contributed by atoms with E-state index in [1.54, 1.807) is 29.5 Å². The summed E-state index contributed by atoms with van der Waals surface area (Å²) in [5.41, 5.74) is 0.819. The highest BCUT2D eigenvalue weighted by Crippen LogP contribution is 2.29. The summed E-state index contributed by atoms with van der Waals surface area (Å²) in [6, 6.07) is 12.9. The van der Waals surface area contributed by atoms with Gasteiger partial charge < -0.3 is 5.32 Å². The van der Waals surface area contributed by atoms with Crippen molar-refractivity contribution in [1.29, 1.82) is 0 Å². The Morgan fingerprint density at radius 3 is 2.52 bits per heavy atom. The molecule has 0 aliphatic heterocycles. The first-order chi connectivity index (χ1) is 11.1. The van der Waals surface area contributed by atoms with Gasteiger partial charge in [-0.05, 0) is 35.2 Å². The molecule has 0 saturated carbocycles. The average molecular weight is 329 g/mol. The lowest BCUT2D eigenvalue weighted by Crippen LogP contribution is -2.12. The van der Waals surface area contributed by atoms with Gasteiger partial charge in [-0.1, -0.05) is 18.2 Å². The highest BCUT2D eigenvalue weighted by Gasteiger charge is 2.16. The summed E-state index contributed by atoms with van der Waals surface area (Å²) in [5, 5.41) is 15.9. The van der Waals surface area contributed by atoms with Crippen LogP contribution in [0.3, 0.4) is 0 Å². The van der Waals surface area contributed by atoms with Crippen LogP contribution >= 0.6 is 11.3 Å². The number of nitrogens with one attached hydrogen (secondary N) is 1. The molecule has 0 fully saturated rings. The number of rotatable bonds is 5. The Kier molecular flexibility index (Phi) is 4.29. The van der Waals surface area contributed by atoms with Crippen LogP contribution in [0.25, 0.3) is 0 Å². The largest absolute Gasteiger partial charge is 0.358 e. The van der Waals surface area contributed by atoms with Crippen molar-refractivity contribution in [3.63, 3.8) is 0 Å². The minimum absolute atomic E-state index is 0.0648. The second-order valence-electron chi connectivity index (χ2n) is 4.80. The number of aromatic nitrogens is 1. The minimum atomic E-state index is -0.493. The van der Waals surface area contributed by atoms with Crippen molar-refractivity contribution in [3.8, 4) is 0 Å². The zero-order valence-electron chi connectivity index (χ0n) is 11.8. The molecule has 0 aliphatic carbocycles. The van der Waals surface area contributed by atoms with Crippen LogP contribution < -0.4 is 5.32 Å². The van der Waals surface area contributed by atoms with Gasteiger partial charge >= 0.3 is 0 Å². The number of pyridine rings is 1. The van der Waals surface area contributed by atoms with E-state index in [9.17, 15) is 14.5 Å². The van der Waals surface area contributed by atoms with E-state index in [1.165, 1.54) is 24.4 Å². The number of thiophene rings is 1. The smallest absolute Gasteiger partial charge is 0.287 e. The molecule has 23 heavy (non-hydrogen) atoms. The van der Waals surface area contributed by atoms with E-state index in [0.29, 0.717) is 5.82 Å². The Balaban J connectivity index is 1.90. The lowest BCUT2D eigenvalue weighted by molar-refractivity contribution is -0.385. The van der Waals surface area contributed by atoms with Crippen LogP contribution in [-0.4, -0.2) is 9.91 Å². The molecule has 2 aromatic heterocycles. The lowest BCUT2D eigenvalue weighted by atomic mass is 10.1. The molecule has 0 saturated heterocycles. The molecule has 1 N–H and O–H groups in total. The molecule has 116 valence electrons. The van der Waals surface area contributed by atoms with E-state index >= 15 is 0 Å². The maximum absolute atomic E-state index is 13.1. The van der Waals surface area contributed by atoms with Crippen molar-refractivity contribution in [2.45, 2.75) is 6.04 Å². The van der Waals surface area contributed by atoms with E-state index in [1.807, 2.05) is 17.5 Å². The van der Waals surface area contributed by atoms with E-state index in [0.717, 1.165) is 10.4 Å². The summed E-state index contributed by atoms with van der Waals surface area (Å²) < 4.78 is 13.1. The predicted octanol–water partition coefficient (Wildman–Crippen LogP) is 4.39. The molecule has 0 aliphatic rings. The normalized spacial score (nSPS) is 11.9. The number of halogens is 1. The van der Waals surface area contributed by atoms with Crippen LogP contribution in [0.1, 0.15) is 16.5 Å². The fourth-order valence-electron chi connectivity index (χ4n) is 2.16. The van der Waals surface area contributed by atoms with E-state index in [-0.39, 0.29) is 17.5 Å². The summed E-state index contributed by atoms with van der Waals surface area (Å²) >= 11 is 1.57. The number of hydrogen-bond donors (Lipinski definition) is 1. The van der Waals surface area contributed by atoms with Gasteiger partial charge in [-0.2, -0.15) is 0 Å². The Morgan fingerprint density at radius 1 is 1.17 bits per heavy atom. The molecular weight excluding hydrogens is 317 g/mol. The Morgan fingerprint density at radius 2 is 1.96 bits per heavy atom. The number of benzene rings is 1. The molecule has 2 heterocycles. The van der Waals surface area contributed by atoms with Crippen molar-refractivity contribution in [3.05, 3.63) is 86.5 Å². The maximum Gasteiger partial charge on any atom is 0.287 e. The van der Waals surface area contributed by atoms with Crippen LogP contribution in [0.4, 0.5) is 15.9 Å². The third-order valence-electron chi connectivity index (χ3n) is 3.28. The summed E-state index contributed by atoms with van der Waals surface area (Å²) in [6.45, 7) is 0. The Labute approximate surface area is 135 Å². The minimum Gasteiger partial charge on any atom is -0.358 e. The zero-order chi connectivity index (χ0) is 16.2. The molecule has 3 rings (SSSR count). The van der Waals surface area contributed by atoms with Crippen molar-refractivity contribution >= 4 is 22.8 Å². The molecule has 1 aromatic carbocycles. The summed E-state index contributed by atoms with van der Waals surface area (Å²) in [5.74, 6) is 0.213. The van der Waals surface area contributed by atoms with Gasteiger partial charge in [0.1, 0.15) is 17.8 Å². The van der Waals surface area contributed by atoms with Gasteiger partial charge in [0.15, 0.2) is 0 Å². The van der Waals surface area contributed by atoms with E-state index < -0.39 is 4.92 Å². The molecule has 0 unspecified atom stereocenters. The second kappa shape index (κ2) is 6.53. The average Bonchev–Trinajstić information content (AvgIpc) is 3.08. The maximum atomic E-state index is 13.1. The molecule has 3 aromatic rings. The van der Waals surface area contributed by atoms with Gasteiger partial charge in [0.2, 0.25) is 0 Å². The van der Waals surface area contributed by atoms with Crippen molar-refractivity contribution in [1.82, 2.24) is 4.98 Å². The topological polar surface area (TPSA) is 68.1 Å². The van der Waals surface area contributed by atoms with Crippen molar-refractivity contribution in [2.75, 3.05) is 5.32 Å². The van der Waals surface area contributed by atoms with Crippen molar-refractivity contribution in [2.24, 2.45) is 0 Å². The molecular formula is C16H12FN3O2S. The lowest BCUT2D eigenvalue weighted by Gasteiger charge is -2.18. The second-order valence-corrected chi connectivity index (χ2v) is 5.78. The Bertz CT molecular complexity index is 789. The molecule has 0 spiro atoms. The van der Waals surface area contributed by atoms with Crippen molar-refractivity contribution < 1.29 is 9.31 Å². The third kappa shape index (κ3) is 3.51.